The normalized spacial score (nSPS) is 10.8. The van der Waals surface area contributed by atoms with Gasteiger partial charge in [-0.15, -0.1) is 0 Å². The van der Waals surface area contributed by atoms with E-state index in [-0.39, 0.29) is 0 Å². The maximum atomic E-state index is 5.78. The summed E-state index contributed by atoms with van der Waals surface area (Å²) in [6.07, 6.45) is 0. The number of aromatic amines is 1. The van der Waals surface area contributed by atoms with Gasteiger partial charge in [-0.3, -0.25) is 0 Å². The SMILES string of the molecule is COc1ccc(OCc2cc3c(CN)cccc3[nH]2)cc1. The number of aromatic nitrogens is 1. The first-order chi connectivity index (χ1) is 10.3. The highest BCUT2D eigenvalue weighted by molar-refractivity contribution is 5.83. The van der Waals surface area contributed by atoms with Crippen molar-refractivity contribution < 1.29 is 9.47 Å². The van der Waals surface area contributed by atoms with Crippen molar-refractivity contribution in [1.82, 2.24) is 4.98 Å². The highest BCUT2D eigenvalue weighted by atomic mass is 16.5. The molecule has 0 aliphatic heterocycles. The third kappa shape index (κ3) is 2.85. The fraction of sp³-hybridized carbons (Fsp3) is 0.176. The molecule has 3 aromatic rings. The minimum atomic E-state index is 0.491. The van der Waals surface area contributed by atoms with E-state index in [9.17, 15) is 0 Å². The Labute approximate surface area is 123 Å². The van der Waals surface area contributed by atoms with Crippen molar-refractivity contribution in [1.29, 1.82) is 0 Å². The van der Waals surface area contributed by atoms with E-state index >= 15 is 0 Å². The Morgan fingerprint density at radius 1 is 1.05 bits per heavy atom. The molecule has 4 nitrogen and oxygen atoms in total. The van der Waals surface area contributed by atoms with Gasteiger partial charge in [-0.2, -0.15) is 0 Å². The second-order valence-corrected chi connectivity index (χ2v) is 4.84. The zero-order valence-electron chi connectivity index (χ0n) is 11.9. The largest absolute Gasteiger partial charge is 0.497 e. The van der Waals surface area contributed by atoms with Crippen LogP contribution in [0.2, 0.25) is 0 Å². The van der Waals surface area contributed by atoms with Gasteiger partial charge in [0.25, 0.3) is 0 Å². The van der Waals surface area contributed by atoms with Crippen LogP contribution in [0.1, 0.15) is 11.3 Å². The Kier molecular flexibility index (Phi) is 3.79. The van der Waals surface area contributed by atoms with Gasteiger partial charge < -0.3 is 20.2 Å². The summed E-state index contributed by atoms with van der Waals surface area (Å²) in [6.45, 7) is 1.03. The summed E-state index contributed by atoms with van der Waals surface area (Å²) in [5.74, 6) is 1.63. The summed E-state index contributed by atoms with van der Waals surface area (Å²) in [6, 6.07) is 15.8. The van der Waals surface area contributed by atoms with Gasteiger partial charge in [0.05, 0.1) is 12.8 Å². The van der Waals surface area contributed by atoms with Gasteiger partial charge in [0.15, 0.2) is 0 Å². The molecule has 4 heteroatoms. The van der Waals surface area contributed by atoms with E-state index in [4.69, 9.17) is 15.2 Å². The number of ether oxygens (including phenoxy) is 2. The molecule has 0 aliphatic rings. The summed E-state index contributed by atoms with van der Waals surface area (Å²) in [4.78, 5) is 3.36. The summed E-state index contributed by atoms with van der Waals surface area (Å²) in [7, 11) is 1.65. The van der Waals surface area contributed by atoms with Crippen LogP contribution >= 0.6 is 0 Å². The fourth-order valence-electron chi connectivity index (χ4n) is 2.36. The van der Waals surface area contributed by atoms with Crippen LogP contribution in [0, 0.1) is 0 Å². The van der Waals surface area contributed by atoms with Crippen molar-refractivity contribution in [2.75, 3.05) is 7.11 Å². The van der Waals surface area contributed by atoms with Gasteiger partial charge in [0.1, 0.15) is 18.1 Å². The molecule has 0 aliphatic carbocycles. The Hall–Kier alpha value is -2.46. The first kappa shape index (κ1) is 13.5. The molecule has 0 unspecified atom stereocenters. The molecule has 0 fully saturated rings. The van der Waals surface area contributed by atoms with Crippen LogP contribution in [0.5, 0.6) is 11.5 Å². The van der Waals surface area contributed by atoms with Crippen LogP contribution in [-0.4, -0.2) is 12.1 Å². The molecule has 0 saturated heterocycles. The van der Waals surface area contributed by atoms with E-state index in [1.165, 1.54) is 0 Å². The zero-order valence-corrected chi connectivity index (χ0v) is 11.9. The van der Waals surface area contributed by atoms with Gasteiger partial charge in [-0.25, -0.2) is 0 Å². The van der Waals surface area contributed by atoms with Crippen molar-refractivity contribution in [3.63, 3.8) is 0 Å². The van der Waals surface area contributed by atoms with Gasteiger partial charge in [0.2, 0.25) is 0 Å². The monoisotopic (exact) mass is 282 g/mol. The van der Waals surface area contributed by atoms with Crippen LogP contribution in [0.3, 0.4) is 0 Å². The molecule has 1 aromatic heterocycles. The molecule has 0 atom stereocenters. The first-order valence-electron chi connectivity index (χ1n) is 6.86. The summed E-state index contributed by atoms with van der Waals surface area (Å²) in [5, 5.41) is 1.16. The van der Waals surface area contributed by atoms with Crippen LogP contribution < -0.4 is 15.2 Å². The number of methoxy groups -OCH3 is 1. The molecular formula is C17H18N2O2. The molecule has 3 rings (SSSR count). The number of H-pyrrole nitrogens is 1. The Morgan fingerprint density at radius 3 is 2.52 bits per heavy atom. The van der Waals surface area contributed by atoms with Crippen molar-refractivity contribution in [3.05, 3.63) is 59.8 Å². The molecule has 2 aromatic carbocycles. The van der Waals surface area contributed by atoms with Gasteiger partial charge >= 0.3 is 0 Å². The van der Waals surface area contributed by atoms with Crippen molar-refractivity contribution in [3.8, 4) is 11.5 Å². The molecule has 0 spiro atoms. The molecule has 21 heavy (non-hydrogen) atoms. The smallest absolute Gasteiger partial charge is 0.128 e. The van der Waals surface area contributed by atoms with Crippen molar-refractivity contribution in [2.24, 2.45) is 5.73 Å². The topological polar surface area (TPSA) is 60.3 Å². The number of nitrogens with one attached hydrogen (secondary N) is 1. The predicted molar refractivity (Wildman–Crippen MR) is 83.5 cm³/mol. The average Bonchev–Trinajstić information content (AvgIpc) is 2.96. The minimum absolute atomic E-state index is 0.491. The van der Waals surface area contributed by atoms with E-state index in [2.05, 4.69) is 11.1 Å². The quantitative estimate of drug-likeness (QED) is 0.755. The summed E-state index contributed by atoms with van der Waals surface area (Å²) in [5.41, 5.74) is 9.02. The number of benzene rings is 2. The van der Waals surface area contributed by atoms with Crippen LogP contribution in [0.25, 0.3) is 10.9 Å². The van der Waals surface area contributed by atoms with Crippen molar-refractivity contribution >= 4 is 10.9 Å². The third-order valence-electron chi connectivity index (χ3n) is 3.48. The number of rotatable bonds is 5. The lowest BCUT2D eigenvalue weighted by molar-refractivity contribution is 0.301. The third-order valence-corrected chi connectivity index (χ3v) is 3.48. The maximum Gasteiger partial charge on any atom is 0.128 e. The molecular weight excluding hydrogens is 264 g/mol. The lowest BCUT2D eigenvalue weighted by Gasteiger charge is -2.05. The Balaban J connectivity index is 1.75. The lowest BCUT2D eigenvalue weighted by Crippen LogP contribution is -1.96. The predicted octanol–water partition coefficient (Wildman–Crippen LogP) is 3.21. The molecule has 0 radical (unpaired) electrons. The number of hydrogen-bond donors (Lipinski definition) is 2. The van der Waals surface area contributed by atoms with Crippen molar-refractivity contribution in [2.45, 2.75) is 13.2 Å². The zero-order chi connectivity index (χ0) is 14.7. The van der Waals surface area contributed by atoms with Crippen LogP contribution in [0.15, 0.2) is 48.5 Å². The standard InChI is InChI=1S/C17H18N2O2/c1-20-14-5-7-15(8-6-14)21-11-13-9-16-12(10-18)3-2-4-17(16)19-13/h2-9,19H,10-11,18H2,1H3. The first-order valence-corrected chi connectivity index (χ1v) is 6.86. The summed E-state index contributed by atoms with van der Waals surface area (Å²) >= 11 is 0. The Bertz CT molecular complexity index is 732. The second-order valence-electron chi connectivity index (χ2n) is 4.84. The van der Waals surface area contributed by atoms with E-state index < -0.39 is 0 Å². The lowest BCUT2D eigenvalue weighted by atomic mass is 10.1. The molecule has 0 saturated carbocycles. The number of nitrogens with two attached hydrogens (primary N) is 1. The van der Waals surface area contributed by atoms with Gasteiger partial charge in [-0.05, 0) is 42.0 Å². The van der Waals surface area contributed by atoms with Crippen LogP contribution in [-0.2, 0) is 13.2 Å². The second kappa shape index (κ2) is 5.89. The van der Waals surface area contributed by atoms with E-state index in [0.29, 0.717) is 13.2 Å². The molecule has 0 bridgehead atoms. The van der Waals surface area contributed by atoms with E-state index in [1.54, 1.807) is 7.11 Å². The summed E-state index contributed by atoms with van der Waals surface area (Å²) < 4.78 is 10.9. The van der Waals surface area contributed by atoms with Gasteiger partial charge in [0, 0.05) is 17.4 Å². The average molecular weight is 282 g/mol. The van der Waals surface area contributed by atoms with Gasteiger partial charge in [-0.1, -0.05) is 12.1 Å². The molecule has 108 valence electrons. The Morgan fingerprint density at radius 2 is 1.81 bits per heavy atom. The van der Waals surface area contributed by atoms with E-state index in [0.717, 1.165) is 33.7 Å². The maximum absolute atomic E-state index is 5.78. The molecule has 3 N–H and O–H groups in total. The van der Waals surface area contributed by atoms with E-state index in [1.807, 2.05) is 42.5 Å². The van der Waals surface area contributed by atoms with Crippen LogP contribution in [0.4, 0.5) is 0 Å². The highest BCUT2D eigenvalue weighted by Crippen LogP contribution is 2.22. The number of hydrogen-bond acceptors (Lipinski definition) is 3. The molecule has 0 amide bonds. The highest BCUT2D eigenvalue weighted by Gasteiger charge is 2.05. The minimum Gasteiger partial charge on any atom is -0.497 e. The fourth-order valence-corrected chi connectivity index (χ4v) is 2.36. The number of fused-ring (bicyclic) bond motifs is 1. The molecule has 1 heterocycles.